The summed E-state index contributed by atoms with van der Waals surface area (Å²) >= 11 is 0. The van der Waals surface area contributed by atoms with Crippen LogP contribution in [0.25, 0.3) is 33.8 Å². The van der Waals surface area contributed by atoms with Crippen molar-refractivity contribution in [2.24, 2.45) is 0 Å². The van der Waals surface area contributed by atoms with Gasteiger partial charge in [-0.1, -0.05) is 91.0 Å². The van der Waals surface area contributed by atoms with E-state index in [-0.39, 0.29) is 6.10 Å². The van der Waals surface area contributed by atoms with Crippen molar-refractivity contribution in [3.8, 4) is 39.5 Å². The van der Waals surface area contributed by atoms with Gasteiger partial charge in [-0.2, -0.15) is 0 Å². The van der Waals surface area contributed by atoms with E-state index < -0.39 is 0 Å². The van der Waals surface area contributed by atoms with E-state index in [4.69, 9.17) is 9.15 Å². The van der Waals surface area contributed by atoms with Crippen LogP contribution in [0, 0.1) is 0 Å². The molecule has 0 saturated heterocycles. The standard InChI is InChI=1S/C25H22O2/c1-18(2)26-25-22(19-12-6-3-7-13-19)23(20-14-8-4-9-15-20)27-24(25)21-16-10-5-11-17-21/h3-18H,1-2H3. The van der Waals surface area contributed by atoms with Crippen molar-refractivity contribution in [2.45, 2.75) is 20.0 Å². The van der Waals surface area contributed by atoms with Gasteiger partial charge >= 0.3 is 0 Å². The van der Waals surface area contributed by atoms with E-state index in [1.807, 2.05) is 68.4 Å². The lowest BCUT2D eigenvalue weighted by molar-refractivity contribution is 0.242. The van der Waals surface area contributed by atoms with Gasteiger partial charge in [0, 0.05) is 11.1 Å². The van der Waals surface area contributed by atoms with Crippen molar-refractivity contribution in [3.63, 3.8) is 0 Å². The van der Waals surface area contributed by atoms with Crippen molar-refractivity contribution < 1.29 is 9.15 Å². The molecule has 1 aromatic heterocycles. The first-order valence-electron chi connectivity index (χ1n) is 9.23. The van der Waals surface area contributed by atoms with E-state index in [0.717, 1.165) is 39.5 Å². The summed E-state index contributed by atoms with van der Waals surface area (Å²) in [5.74, 6) is 2.39. The molecule has 0 aliphatic carbocycles. The molecule has 134 valence electrons. The zero-order chi connectivity index (χ0) is 18.6. The largest absolute Gasteiger partial charge is 0.486 e. The predicted molar refractivity (Wildman–Crippen MR) is 111 cm³/mol. The molecule has 0 N–H and O–H groups in total. The second-order valence-corrected chi connectivity index (χ2v) is 6.73. The number of benzene rings is 3. The molecule has 2 heteroatoms. The topological polar surface area (TPSA) is 22.4 Å². The normalized spacial score (nSPS) is 10.9. The van der Waals surface area contributed by atoms with Gasteiger partial charge in [-0.15, -0.1) is 0 Å². The summed E-state index contributed by atoms with van der Waals surface area (Å²) in [4.78, 5) is 0. The Hall–Kier alpha value is -3.26. The van der Waals surface area contributed by atoms with Crippen LogP contribution in [0.5, 0.6) is 5.75 Å². The summed E-state index contributed by atoms with van der Waals surface area (Å²) in [5.41, 5.74) is 4.12. The number of rotatable bonds is 5. The van der Waals surface area contributed by atoms with Gasteiger partial charge < -0.3 is 9.15 Å². The number of hydrogen-bond acceptors (Lipinski definition) is 2. The molecule has 3 aromatic carbocycles. The maximum absolute atomic E-state index is 6.45. The van der Waals surface area contributed by atoms with Crippen LogP contribution in [0.15, 0.2) is 95.4 Å². The van der Waals surface area contributed by atoms with Crippen LogP contribution in [-0.2, 0) is 0 Å². The van der Waals surface area contributed by atoms with Crippen molar-refractivity contribution in [3.05, 3.63) is 91.0 Å². The van der Waals surface area contributed by atoms with Crippen LogP contribution in [-0.4, -0.2) is 6.10 Å². The van der Waals surface area contributed by atoms with Crippen molar-refractivity contribution >= 4 is 0 Å². The fraction of sp³-hybridized carbons (Fsp3) is 0.120. The summed E-state index contributed by atoms with van der Waals surface area (Å²) in [6.07, 6.45) is 0.0381. The van der Waals surface area contributed by atoms with Gasteiger partial charge in [0.15, 0.2) is 11.5 Å². The molecular weight excluding hydrogens is 332 g/mol. The SMILES string of the molecule is CC(C)Oc1c(-c2ccccc2)oc(-c2ccccc2)c1-c1ccccc1. The molecular formula is C25H22O2. The van der Waals surface area contributed by atoms with E-state index in [9.17, 15) is 0 Å². The first-order chi connectivity index (χ1) is 13.2. The highest BCUT2D eigenvalue weighted by Gasteiger charge is 2.25. The number of ether oxygens (including phenoxy) is 1. The third kappa shape index (κ3) is 3.52. The number of hydrogen-bond donors (Lipinski definition) is 0. The van der Waals surface area contributed by atoms with E-state index in [1.165, 1.54) is 0 Å². The van der Waals surface area contributed by atoms with Gasteiger partial charge in [-0.05, 0) is 19.4 Å². The Labute approximate surface area is 160 Å². The van der Waals surface area contributed by atoms with E-state index in [1.54, 1.807) is 0 Å². The van der Waals surface area contributed by atoms with Crippen molar-refractivity contribution in [2.75, 3.05) is 0 Å². The summed E-state index contributed by atoms with van der Waals surface area (Å²) in [5, 5.41) is 0. The summed E-state index contributed by atoms with van der Waals surface area (Å²) in [6.45, 7) is 4.08. The zero-order valence-corrected chi connectivity index (χ0v) is 15.6. The van der Waals surface area contributed by atoms with Gasteiger partial charge in [0.1, 0.15) is 5.76 Å². The number of furan rings is 1. The second-order valence-electron chi connectivity index (χ2n) is 6.73. The lowest BCUT2D eigenvalue weighted by atomic mass is 10.00. The van der Waals surface area contributed by atoms with Crippen LogP contribution < -0.4 is 4.74 Å². The van der Waals surface area contributed by atoms with Crippen LogP contribution >= 0.6 is 0 Å². The molecule has 4 rings (SSSR count). The Bertz CT molecular complexity index is 1000. The van der Waals surface area contributed by atoms with Gasteiger partial charge in [0.2, 0.25) is 0 Å². The smallest absolute Gasteiger partial charge is 0.177 e. The van der Waals surface area contributed by atoms with Gasteiger partial charge in [-0.3, -0.25) is 0 Å². The Kier molecular flexibility index (Phi) is 4.80. The molecule has 0 amide bonds. The Balaban J connectivity index is 2.02. The van der Waals surface area contributed by atoms with Crippen LogP contribution in [0.3, 0.4) is 0 Å². The third-order valence-electron chi connectivity index (χ3n) is 4.35. The molecule has 0 spiro atoms. The summed E-state index contributed by atoms with van der Waals surface area (Å²) in [6, 6.07) is 30.6. The first kappa shape index (κ1) is 17.2. The highest BCUT2D eigenvalue weighted by atomic mass is 16.5. The lowest BCUT2D eigenvalue weighted by Crippen LogP contribution is -2.06. The van der Waals surface area contributed by atoms with Crippen molar-refractivity contribution in [1.29, 1.82) is 0 Å². The average molecular weight is 354 g/mol. The fourth-order valence-corrected chi connectivity index (χ4v) is 3.20. The molecule has 0 aliphatic rings. The Morgan fingerprint density at radius 3 is 1.52 bits per heavy atom. The average Bonchev–Trinajstić information content (AvgIpc) is 3.08. The fourth-order valence-electron chi connectivity index (χ4n) is 3.20. The monoisotopic (exact) mass is 354 g/mol. The summed E-state index contributed by atoms with van der Waals surface area (Å²) in [7, 11) is 0. The molecule has 0 fully saturated rings. The van der Waals surface area contributed by atoms with Crippen LogP contribution in [0.2, 0.25) is 0 Å². The molecule has 27 heavy (non-hydrogen) atoms. The quantitative estimate of drug-likeness (QED) is 0.382. The van der Waals surface area contributed by atoms with Crippen molar-refractivity contribution in [1.82, 2.24) is 0 Å². The highest BCUT2D eigenvalue weighted by Crippen LogP contribution is 2.48. The first-order valence-corrected chi connectivity index (χ1v) is 9.23. The zero-order valence-electron chi connectivity index (χ0n) is 15.6. The highest BCUT2D eigenvalue weighted by molar-refractivity contribution is 5.90. The predicted octanol–water partition coefficient (Wildman–Crippen LogP) is 7.07. The Morgan fingerprint density at radius 1 is 0.593 bits per heavy atom. The van der Waals surface area contributed by atoms with Gasteiger partial charge in [0.05, 0.1) is 11.7 Å². The molecule has 4 aromatic rings. The maximum Gasteiger partial charge on any atom is 0.177 e. The molecule has 0 atom stereocenters. The second kappa shape index (κ2) is 7.55. The minimum absolute atomic E-state index is 0.0381. The molecule has 0 unspecified atom stereocenters. The minimum Gasteiger partial charge on any atom is -0.486 e. The summed E-state index contributed by atoms with van der Waals surface area (Å²) < 4.78 is 12.7. The molecule has 0 radical (unpaired) electrons. The lowest BCUT2D eigenvalue weighted by Gasteiger charge is -2.12. The molecule has 2 nitrogen and oxygen atoms in total. The Morgan fingerprint density at radius 2 is 1.04 bits per heavy atom. The third-order valence-corrected chi connectivity index (χ3v) is 4.35. The van der Waals surface area contributed by atoms with E-state index in [0.29, 0.717) is 0 Å². The van der Waals surface area contributed by atoms with Crippen LogP contribution in [0.1, 0.15) is 13.8 Å². The maximum atomic E-state index is 6.45. The van der Waals surface area contributed by atoms with Gasteiger partial charge in [-0.25, -0.2) is 0 Å². The minimum atomic E-state index is 0.0381. The molecule has 1 heterocycles. The van der Waals surface area contributed by atoms with E-state index in [2.05, 4.69) is 36.4 Å². The van der Waals surface area contributed by atoms with Gasteiger partial charge in [0.25, 0.3) is 0 Å². The molecule has 0 bridgehead atoms. The molecule has 0 aliphatic heterocycles. The van der Waals surface area contributed by atoms with Crippen LogP contribution in [0.4, 0.5) is 0 Å². The van der Waals surface area contributed by atoms with E-state index >= 15 is 0 Å². The molecule has 0 saturated carbocycles.